The van der Waals surface area contributed by atoms with Crippen molar-refractivity contribution in [2.75, 3.05) is 19.8 Å². The fraction of sp³-hybridized carbons (Fsp3) is 0.389. The summed E-state index contributed by atoms with van der Waals surface area (Å²) in [5.74, 6) is -1.21. The minimum Gasteiger partial charge on any atom is -0.493 e. The van der Waals surface area contributed by atoms with Crippen LogP contribution in [0.2, 0.25) is 0 Å². The third-order valence-electron chi connectivity index (χ3n) is 7.40. The first-order valence-electron chi connectivity index (χ1n) is 15.7. The molecule has 4 rings (SSSR count). The Morgan fingerprint density at radius 1 is 0.830 bits per heavy atom. The predicted molar refractivity (Wildman–Crippen MR) is 174 cm³/mol. The number of hydrogen-bond acceptors (Lipinski definition) is 8. The van der Waals surface area contributed by atoms with E-state index in [1.807, 2.05) is 36.4 Å². The molecule has 11 nitrogen and oxygen atoms in total. The van der Waals surface area contributed by atoms with Crippen molar-refractivity contribution < 1.29 is 43.2 Å². The molecule has 3 aromatic rings. The van der Waals surface area contributed by atoms with Gasteiger partial charge in [0.2, 0.25) is 0 Å². The van der Waals surface area contributed by atoms with Gasteiger partial charge < -0.3 is 34.7 Å². The van der Waals surface area contributed by atoms with Crippen LogP contribution in [0.15, 0.2) is 72.8 Å². The van der Waals surface area contributed by atoms with Crippen LogP contribution in [0.25, 0.3) is 11.1 Å². The van der Waals surface area contributed by atoms with Gasteiger partial charge in [0.15, 0.2) is 0 Å². The van der Waals surface area contributed by atoms with E-state index in [2.05, 4.69) is 22.8 Å². The van der Waals surface area contributed by atoms with Crippen LogP contribution in [0, 0.1) is 0 Å². The molecule has 0 aliphatic heterocycles. The Balaban J connectivity index is 1.32. The molecule has 3 aromatic carbocycles. The molecule has 0 radical (unpaired) electrons. The third kappa shape index (κ3) is 10.8. The van der Waals surface area contributed by atoms with E-state index in [0.717, 1.165) is 22.3 Å². The number of ether oxygens (including phenoxy) is 4. The summed E-state index contributed by atoms with van der Waals surface area (Å²) in [5, 5.41) is 14.1. The maximum absolute atomic E-state index is 13.2. The van der Waals surface area contributed by atoms with Gasteiger partial charge in [0, 0.05) is 12.5 Å². The molecule has 0 spiro atoms. The second-order valence-corrected chi connectivity index (χ2v) is 12.2. The van der Waals surface area contributed by atoms with Crippen molar-refractivity contribution in [1.29, 1.82) is 0 Å². The molecule has 0 saturated carbocycles. The van der Waals surface area contributed by atoms with Crippen molar-refractivity contribution in [1.82, 2.24) is 10.6 Å². The van der Waals surface area contributed by atoms with Crippen molar-refractivity contribution in [3.63, 3.8) is 0 Å². The summed E-state index contributed by atoms with van der Waals surface area (Å²) in [6.45, 7) is 5.77. The summed E-state index contributed by atoms with van der Waals surface area (Å²) in [4.78, 5) is 48.8. The van der Waals surface area contributed by atoms with Gasteiger partial charge >= 0.3 is 24.1 Å². The number of nitrogens with one attached hydrogen (secondary N) is 2. The number of benzene rings is 3. The molecule has 0 heterocycles. The molecule has 0 fully saturated rings. The molecule has 0 aromatic heterocycles. The normalized spacial score (nSPS) is 12.7. The highest BCUT2D eigenvalue weighted by molar-refractivity contribution is 5.82. The quantitative estimate of drug-likeness (QED) is 0.0999. The Morgan fingerprint density at radius 3 is 2.09 bits per heavy atom. The summed E-state index contributed by atoms with van der Waals surface area (Å²) in [6, 6.07) is 21.8. The van der Waals surface area contributed by atoms with Gasteiger partial charge in [-0.3, -0.25) is 4.79 Å². The highest BCUT2D eigenvalue weighted by Crippen LogP contribution is 2.44. The molecule has 2 amide bonds. The van der Waals surface area contributed by atoms with Crippen LogP contribution in [0.5, 0.6) is 5.75 Å². The fourth-order valence-corrected chi connectivity index (χ4v) is 5.20. The Morgan fingerprint density at radius 2 is 1.47 bits per heavy atom. The molecular formula is C36H42N2O9. The molecule has 11 heteroatoms. The predicted octanol–water partition coefficient (Wildman–Crippen LogP) is 6.19. The lowest BCUT2D eigenvalue weighted by Crippen LogP contribution is -2.42. The summed E-state index contributed by atoms with van der Waals surface area (Å²) in [5.41, 5.74) is 4.45. The fourth-order valence-electron chi connectivity index (χ4n) is 5.20. The van der Waals surface area contributed by atoms with Gasteiger partial charge in [-0.25, -0.2) is 14.4 Å². The lowest BCUT2D eigenvalue weighted by molar-refractivity contribution is -0.147. The minimum absolute atomic E-state index is 0.0418. The second kappa shape index (κ2) is 16.5. The zero-order valence-corrected chi connectivity index (χ0v) is 27.0. The third-order valence-corrected chi connectivity index (χ3v) is 7.40. The molecule has 3 N–H and O–H groups in total. The smallest absolute Gasteiger partial charge is 0.407 e. The second-order valence-electron chi connectivity index (χ2n) is 12.2. The van der Waals surface area contributed by atoms with Crippen LogP contribution in [0.1, 0.15) is 69.1 Å². The number of unbranched alkanes of at least 4 members (excludes halogenated alkanes) is 1. The topological polar surface area (TPSA) is 149 Å². The Hall–Kier alpha value is -5.06. The first-order valence-corrected chi connectivity index (χ1v) is 15.7. The standard InChI is InChI=1S/C36H42N2O9/c1-36(2,3)47-34(42)37-20-9-8-14-31(33(41)45-22-24-15-17-25(18-16-24)44-21-19-32(39)40)38-35(43)46-23-30-28-12-6-4-10-26(28)27-11-5-7-13-29(27)30/h4-7,10-13,15-18,30-31H,8-9,14,19-23H2,1-3H3,(H,37,42)(H,38,43)(H,39,40). The zero-order valence-electron chi connectivity index (χ0n) is 27.0. The number of alkyl carbamates (subject to hydrolysis) is 2. The first-order chi connectivity index (χ1) is 22.5. The SMILES string of the molecule is CC(C)(C)OC(=O)NCCCCC(NC(=O)OCC1c2ccccc2-c2ccccc21)C(=O)OCc1ccc(OCCC(=O)O)cc1. The van der Waals surface area contributed by atoms with E-state index < -0.39 is 35.8 Å². The molecule has 1 aliphatic rings. The number of carboxylic acid groups (broad SMARTS) is 1. The van der Waals surface area contributed by atoms with E-state index >= 15 is 0 Å². The van der Waals surface area contributed by atoms with Gasteiger partial charge in [0.05, 0.1) is 13.0 Å². The van der Waals surface area contributed by atoms with Crippen LogP contribution in [-0.2, 0) is 30.4 Å². The molecule has 250 valence electrons. The number of carbonyl (C=O) groups excluding carboxylic acids is 3. The minimum atomic E-state index is -0.981. The molecule has 47 heavy (non-hydrogen) atoms. The maximum Gasteiger partial charge on any atom is 0.407 e. The van der Waals surface area contributed by atoms with Crippen LogP contribution in [-0.4, -0.2) is 60.6 Å². The number of hydrogen-bond donors (Lipinski definition) is 3. The van der Waals surface area contributed by atoms with Crippen LogP contribution < -0.4 is 15.4 Å². The maximum atomic E-state index is 13.2. The first kappa shape index (κ1) is 34.8. The van der Waals surface area contributed by atoms with Crippen LogP contribution in [0.3, 0.4) is 0 Å². The lowest BCUT2D eigenvalue weighted by Gasteiger charge is -2.20. The van der Waals surface area contributed by atoms with E-state index in [4.69, 9.17) is 24.1 Å². The largest absolute Gasteiger partial charge is 0.493 e. The van der Waals surface area contributed by atoms with E-state index in [0.29, 0.717) is 30.7 Å². The number of amides is 2. The van der Waals surface area contributed by atoms with Crippen LogP contribution >= 0.6 is 0 Å². The van der Waals surface area contributed by atoms with E-state index in [9.17, 15) is 19.2 Å². The average molecular weight is 647 g/mol. The highest BCUT2D eigenvalue weighted by Gasteiger charge is 2.30. The molecular weight excluding hydrogens is 604 g/mol. The number of fused-ring (bicyclic) bond motifs is 3. The van der Waals surface area contributed by atoms with E-state index in [-0.39, 0.29) is 38.6 Å². The number of carbonyl (C=O) groups is 4. The van der Waals surface area contributed by atoms with Crippen LogP contribution in [0.4, 0.5) is 9.59 Å². The van der Waals surface area contributed by atoms with Gasteiger partial charge in [-0.15, -0.1) is 0 Å². The van der Waals surface area contributed by atoms with Crippen molar-refractivity contribution in [2.24, 2.45) is 0 Å². The Labute approximate surface area is 274 Å². The van der Waals surface area contributed by atoms with E-state index in [1.54, 1.807) is 45.0 Å². The molecule has 1 atom stereocenters. The van der Waals surface area contributed by atoms with Gasteiger partial charge in [-0.2, -0.15) is 0 Å². The van der Waals surface area contributed by atoms with Crippen molar-refractivity contribution >= 4 is 24.1 Å². The number of esters is 1. The summed E-state index contributed by atoms with van der Waals surface area (Å²) < 4.78 is 21.9. The average Bonchev–Trinajstić information content (AvgIpc) is 3.35. The summed E-state index contributed by atoms with van der Waals surface area (Å²) in [7, 11) is 0. The van der Waals surface area contributed by atoms with Gasteiger partial charge in [0.25, 0.3) is 0 Å². The van der Waals surface area contributed by atoms with Gasteiger partial charge in [0.1, 0.15) is 30.6 Å². The van der Waals surface area contributed by atoms with Crippen molar-refractivity contribution in [3.05, 3.63) is 89.5 Å². The number of carboxylic acids is 1. The van der Waals surface area contributed by atoms with Gasteiger partial charge in [-0.1, -0.05) is 60.7 Å². The summed E-state index contributed by atoms with van der Waals surface area (Å²) in [6.07, 6.45) is -0.0726. The molecule has 1 aliphatic carbocycles. The molecule has 0 saturated heterocycles. The van der Waals surface area contributed by atoms with E-state index in [1.165, 1.54) is 0 Å². The Bertz CT molecular complexity index is 1490. The lowest BCUT2D eigenvalue weighted by atomic mass is 9.98. The highest BCUT2D eigenvalue weighted by atomic mass is 16.6. The molecule has 1 unspecified atom stereocenters. The zero-order chi connectivity index (χ0) is 33.8. The van der Waals surface area contributed by atoms with Gasteiger partial charge in [-0.05, 0) is 80.0 Å². The monoisotopic (exact) mass is 646 g/mol. The number of aliphatic carboxylic acids is 1. The summed E-state index contributed by atoms with van der Waals surface area (Å²) >= 11 is 0. The Kier molecular flexibility index (Phi) is 12.2. The van der Waals surface area contributed by atoms with Crippen molar-refractivity contribution in [2.45, 2.75) is 70.6 Å². The van der Waals surface area contributed by atoms with Crippen molar-refractivity contribution in [3.8, 4) is 16.9 Å². The number of rotatable bonds is 15. The molecule has 0 bridgehead atoms.